The highest BCUT2D eigenvalue weighted by Gasteiger charge is 2.42. The Kier molecular flexibility index (Phi) is 6.50. The second-order valence-corrected chi connectivity index (χ2v) is 14.4. The van der Waals surface area contributed by atoms with Crippen LogP contribution in [0.1, 0.15) is 27.0 Å². The molecule has 2 aromatic rings. The average Bonchev–Trinajstić information content (AvgIpc) is 2.84. The summed E-state index contributed by atoms with van der Waals surface area (Å²) < 4.78 is 47.9. The first-order valence-corrected chi connectivity index (χ1v) is 14.6. The van der Waals surface area contributed by atoms with Crippen molar-refractivity contribution in [1.29, 1.82) is 5.26 Å². The van der Waals surface area contributed by atoms with Gasteiger partial charge in [0.25, 0.3) is 0 Å². The zero-order chi connectivity index (χ0) is 27.4. The molecule has 1 aliphatic heterocycles. The first kappa shape index (κ1) is 26.2. The predicted molar refractivity (Wildman–Crippen MR) is 138 cm³/mol. The van der Waals surface area contributed by atoms with Gasteiger partial charge in [-0.15, -0.1) is 0 Å². The third-order valence-electron chi connectivity index (χ3n) is 7.05. The molecule has 9 heteroatoms. The molecule has 0 atom stereocenters. The Morgan fingerprint density at radius 2 is 1.78 bits per heavy atom. The van der Waals surface area contributed by atoms with Crippen molar-refractivity contribution in [2.75, 3.05) is 33.1 Å². The summed E-state index contributed by atoms with van der Waals surface area (Å²) in [5.74, 6) is -6.75. The minimum Gasteiger partial charge on any atom is -0.545 e. The van der Waals surface area contributed by atoms with E-state index in [9.17, 15) is 14.3 Å². The van der Waals surface area contributed by atoms with E-state index in [2.05, 4.69) is 13.1 Å². The number of fused-ring (bicyclic) bond motifs is 2. The number of nitrogens with zero attached hydrogens (tertiary/aromatic N) is 3. The lowest BCUT2D eigenvalue weighted by atomic mass is 9.85. The maximum atomic E-state index is 16.0. The van der Waals surface area contributed by atoms with E-state index in [1.54, 1.807) is 18.2 Å². The van der Waals surface area contributed by atoms with Gasteiger partial charge in [-0.25, -0.2) is 17.7 Å². The van der Waals surface area contributed by atoms with Gasteiger partial charge in [0, 0.05) is 48.6 Å². The molecule has 0 fully saturated rings. The summed E-state index contributed by atoms with van der Waals surface area (Å²) in [5, 5.41) is 23.1. The predicted octanol–water partition coefficient (Wildman–Crippen LogP) is 3.08. The Labute approximate surface area is 214 Å². The molecule has 0 N–H and O–H groups in total. The summed E-state index contributed by atoms with van der Waals surface area (Å²) in [6, 6.07) is 7.21. The SMILES string of the molecule is CN(C)c1ccc2c(c1)[Si](C)(C)C1=CC(=[N+](C)C)C=CC1=C2c1c(F)c(CC#N)c(F)c(F)c1C(=O)[O-]. The number of carboxylic acid groups (broad SMARTS) is 1. The molecule has 0 unspecified atom stereocenters. The van der Waals surface area contributed by atoms with Gasteiger partial charge in [0.05, 0.1) is 18.5 Å². The number of nitriles is 1. The summed E-state index contributed by atoms with van der Waals surface area (Å²) in [6.45, 7) is 4.28. The highest BCUT2D eigenvalue weighted by Crippen LogP contribution is 2.44. The van der Waals surface area contributed by atoms with Gasteiger partial charge in [-0.2, -0.15) is 5.26 Å². The van der Waals surface area contributed by atoms with Gasteiger partial charge in [-0.3, -0.25) is 0 Å². The topological polar surface area (TPSA) is 70.2 Å². The number of hydrogen-bond acceptors (Lipinski definition) is 4. The zero-order valence-corrected chi connectivity index (χ0v) is 22.5. The molecule has 0 aromatic heterocycles. The van der Waals surface area contributed by atoms with E-state index in [0.29, 0.717) is 11.1 Å². The van der Waals surface area contributed by atoms with Crippen molar-refractivity contribution in [2.45, 2.75) is 19.5 Å². The number of carbonyl (C=O) groups is 1. The summed E-state index contributed by atoms with van der Waals surface area (Å²) in [6.07, 6.45) is 4.80. The molecule has 0 spiro atoms. The average molecular weight is 522 g/mol. The van der Waals surface area contributed by atoms with Crippen LogP contribution in [0, 0.1) is 28.8 Å². The van der Waals surface area contributed by atoms with Gasteiger partial charge in [0.15, 0.2) is 17.3 Å². The smallest absolute Gasteiger partial charge is 0.199 e. The molecule has 2 aliphatic rings. The molecule has 0 amide bonds. The van der Waals surface area contributed by atoms with Gasteiger partial charge >= 0.3 is 0 Å². The Balaban J connectivity index is 2.25. The highest BCUT2D eigenvalue weighted by molar-refractivity contribution is 6.98. The number of carbonyl (C=O) groups excluding carboxylic acids is 1. The number of rotatable bonds is 4. The van der Waals surface area contributed by atoms with Crippen LogP contribution in [-0.2, 0) is 6.42 Å². The maximum Gasteiger partial charge on any atom is 0.199 e. The molecule has 0 radical (unpaired) electrons. The number of hydrogen-bond donors (Lipinski definition) is 0. The fourth-order valence-corrected chi connectivity index (χ4v) is 8.09. The van der Waals surface area contributed by atoms with Crippen molar-refractivity contribution < 1.29 is 27.6 Å². The quantitative estimate of drug-likeness (QED) is 0.352. The summed E-state index contributed by atoms with van der Waals surface area (Å²) in [5.41, 5.74) is 0.397. The third kappa shape index (κ3) is 4.01. The molecule has 1 aliphatic carbocycles. The maximum absolute atomic E-state index is 16.0. The largest absolute Gasteiger partial charge is 0.545 e. The normalized spacial score (nSPS) is 15.6. The molecule has 1 heterocycles. The standard InChI is InChI=1S/C28H26F3N3O2Si/c1-33(2)15-7-9-17-20(13-15)37(5,6)21-14-16(34(3)4)8-10-18(21)22(17)23-24(28(35)36)27(31)26(30)19(11-12-32)25(23)29/h7-10,13-14H,11H2,1-6H3. The Morgan fingerprint density at radius 1 is 1.11 bits per heavy atom. The van der Waals surface area contributed by atoms with Crippen LogP contribution in [0.25, 0.3) is 5.57 Å². The molecule has 2 aromatic carbocycles. The van der Waals surface area contributed by atoms with Crippen LogP contribution in [0.3, 0.4) is 0 Å². The fraction of sp³-hybridized carbons (Fsp3) is 0.250. The van der Waals surface area contributed by atoms with Crippen LogP contribution < -0.4 is 15.2 Å². The lowest BCUT2D eigenvalue weighted by Gasteiger charge is -2.38. The summed E-state index contributed by atoms with van der Waals surface area (Å²) in [4.78, 5) is 14.1. The summed E-state index contributed by atoms with van der Waals surface area (Å²) >= 11 is 0. The molecule has 5 nitrogen and oxygen atoms in total. The van der Waals surface area contributed by atoms with E-state index >= 15 is 8.78 Å². The molecule has 190 valence electrons. The number of benzene rings is 2. The zero-order valence-electron chi connectivity index (χ0n) is 21.5. The third-order valence-corrected chi connectivity index (χ3v) is 10.6. The Hall–Kier alpha value is -3.90. The van der Waals surface area contributed by atoms with Crippen molar-refractivity contribution in [3.05, 3.63) is 86.9 Å². The number of allylic oxidation sites excluding steroid dienone is 5. The monoisotopic (exact) mass is 521 g/mol. The van der Waals surface area contributed by atoms with Crippen LogP contribution >= 0.6 is 0 Å². The van der Waals surface area contributed by atoms with Crippen LogP contribution in [-0.4, -0.2) is 52.5 Å². The van der Waals surface area contributed by atoms with Crippen LogP contribution in [0.4, 0.5) is 18.9 Å². The first-order chi connectivity index (χ1) is 17.3. The Morgan fingerprint density at radius 3 is 2.35 bits per heavy atom. The van der Waals surface area contributed by atoms with E-state index in [0.717, 1.165) is 21.8 Å². The van der Waals surface area contributed by atoms with Crippen LogP contribution in [0.2, 0.25) is 13.1 Å². The van der Waals surface area contributed by atoms with Gasteiger partial charge in [0.1, 0.15) is 28.0 Å². The van der Waals surface area contributed by atoms with Gasteiger partial charge in [-0.1, -0.05) is 19.2 Å². The number of anilines is 1. The number of aromatic carboxylic acids is 1. The molecule has 37 heavy (non-hydrogen) atoms. The molecular weight excluding hydrogens is 495 g/mol. The molecule has 0 saturated carbocycles. The van der Waals surface area contributed by atoms with E-state index in [1.165, 1.54) is 0 Å². The van der Waals surface area contributed by atoms with E-state index in [-0.39, 0.29) is 5.57 Å². The van der Waals surface area contributed by atoms with Crippen molar-refractivity contribution in [2.24, 2.45) is 0 Å². The second-order valence-electron chi connectivity index (χ2n) is 10.0. The van der Waals surface area contributed by atoms with Gasteiger partial charge < -0.3 is 14.8 Å². The molecular formula is C28H26F3N3O2Si. The lowest BCUT2D eigenvalue weighted by molar-refractivity contribution is -0.462. The highest BCUT2D eigenvalue weighted by atomic mass is 28.3. The number of halogens is 3. The van der Waals surface area contributed by atoms with Gasteiger partial charge in [-0.05, 0) is 45.3 Å². The van der Waals surface area contributed by atoms with Crippen molar-refractivity contribution in [3.8, 4) is 6.07 Å². The fourth-order valence-electron chi connectivity index (χ4n) is 5.02. The summed E-state index contributed by atoms with van der Waals surface area (Å²) in [7, 11) is 5.10. The molecule has 4 rings (SSSR count). The minimum absolute atomic E-state index is 0.141. The van der Waals surface area contributed by atoms with E-state index in [4.69, 9.17) is 5.26 Å². The minimum atomic E-state index is -2.46. The molecule has 0 bridgehead atoms. The van der Waals surface area contributed by atoms with Crippen LogP contribution in [0.15, 0.2) is 47.2 Å². The molecule has 0 saturated heterocycles. The van der Waals surface area contributed by atoms with E-state index < -0.39 is 54.6 Å². The van der Waals surface area contributed by atoms with Crippen molar-refractivity contribution in [1.82, 2.24) is 0 Å². The lowest BCUT2D eigenvalue weighted by Crippen LogP contribution is -2.50. The first-order valence-electron chi connectivity index (χ1n) is 11.6. The van der Waals surface area contributed by atoms with Crippen molar-refractivity contribution in [3.63, 3.8) is 0 Å². The number of carboxylic acids is 1. The van der Waals surface area contributed by atoms with Crippen molar-refractivity contribution >= 4 is 36.2 Å². The van der Waals surface area contributed by atoms with Gasteiger partial charge in [0.2, 0.25) is 0 Å². The van der Waals surface area contributed by atoms with Crippen LogP contribution in [0.5, 0.6) is 0 Å². The second kappa shape index (κ2) is 9.20. The van der Waals surface area contributed by atoms with E-state index in [1.807, 2.05) is 62.0 Å². The Bertz CT molecular complexity index is 1540.